The zero-order chi connectivity index (χ0) is 12.9. The highest BCUT2D eigenvalue weighted by molar-refractivity contribution is 6.21. The Morgan fingerprint density at radius 2 is 1.82 bits per heavy atom. The van der Waals surface area contributed by atoms with E-state index in [9.17, 15) is 8.78 Å². The average molecular weight is 281 g/mol. The van der Waals surface area contributed by atoms with Gasteiger partial charge < -0.3 is 0 Å². The first kappa shape index (κ1) is 14.7. The molecule has 0 heterocycles. The number of hydrogen-bond acceptors (Lipinski definition) is 0. The number of halogens is 4. The molecular formula is C13H16Cl2F2. The van der Waals surface area contributed by atoms with E-state index < -0.39 is 11.6 Å². The van der Waals surface area contributed by atoms with E-state index in [2.05, 4.69) is 0 Å². The minimum Gasteiger partial charge on any atom is -0.204 e. The minimum absolute atomic E-state index is 0.347. The maximum atomic E-state index is 13.6. The Morgan fingerprint density at radius 3 is 2.35 bits per heavy atom. The maximum Gasteiger partial charge on any atom is 0.162 e. The van der Waals surface area contributed by atoms with Gasteiger partial charge in [0.25, 0.3) is 0 Å². The summed E-state index contributed by atoms with van der Waals surface area (Å²) in [6.07, 6.45) is 2.09. The van der Waals surface area contributed by atoms with Crippen LogP contribution in [0.15, 0.2) is 18.2 Å². The van der Waals surface area contributed by atoms with Crippen LogP contribution in [-0.4, -0.2) is 11.8 Å². The molecule has 0 nitrogen and oxygen atoms in total. The Balaban J connectivity index is 2.97. The molecule has 0 aromatic heterocycles. The van der Waals surface area contributed by atoms with Gasteiger partial charge in [0.2, 0.25) is 0 Å². The van der Waals surface area contributed by atoms with Crippen molar-refractivity contribution >= 4 is 23.2 Å². The Kier molecular flexibility index (Phi) is 5.68. The molecular weight excluding hydrogens is 265 g/mol. The molecule has 96 valence electrons. The fourth-order valence-corrected chi connectivity index (χ4v) is 2.71. The second kappa shape index (κ2) is 6.55. The molecule has 0 aliphatic carbocycles. The lowest BCUT2D eigenvalue weighted by molar-refractivity contribution is 0.333. The third kappa shape index (κ3) is 3.56. The van der Waals surface area contributed by atoms with Gasteiger partial charge >= 0.3 is 0 Å². The molecule has 0 bridgehead atoms. The molecule has 0 spiro atoms. The van der Waals surface area contributed by atoms with Crippen molar-refractivity contribution in [1.29, 1.82) is 0 Å². The van der Waals surface area contributed by atoms with Crippen molar-refractivity contribution in [2.75, 3.05) is 11.8 Å². The summed E-state index contributed by atoms with van der Waals surface area (Å²) in [5.41, 5.74) is -0.00768. The van der Waals surface area contributed by atoms with Crippen molar-refractivity contribution in [2.24, 2.45) is 5.41 Å². The van der Waals surface area contributed by atoms with Crippen molar-refractivity contribution < 1.29 is 8.78 Å². The van der Waals surface area contributed by atoms with E-state index in [-0.39, 0.29) is 5.41 Å². The summed E-state index contributed by atoms with van der Waals surface area (Å²) in [5.74, 6) is -0.916. The lowest BCUT2D eigenvalue weighted by atomic mass is 9.81. The molecule has 0 atom stereocenters. The van der Waals surface area contributed by atoms with Crippen LogP contribution in [0.1, 0.15) is 25.3 Å². The van der Waals surface area contributed by atoms with Gasteiger partial charge in [-0.3, -0.25) is 0 Å². The highest BCUT2D eigenvalue weighted by atomic mass is 35.5. The van der Waals surface area contributed by atoms with Crippen LogP contribution in [0.4, 0.5) is 8.78 Å². The van der Waals surface area contributed by atoms with E-state index in [1.165, 1.54) is 6.07 Å². The summed E-state index contributed by atoms with van der Waals surface area (Å²) in [6.45, 7) is 2.02. The van der Waals surface area contributed by atoms with Crippen molar-refractivity contribution in [2.45, 2.75) is 26.2 Å². The summed E-state index contributed by atoms with van der Waals surface area (Å²) >= 11 is 11.9. The van der Waals surface area contributed by atoms with Crippen LogP contribution >= 0.6 is 23.2 Å². The van der Waals surface area contributed by atoms with Gasteiger partial charge in [0, 0.05) is 17.2 Å². The summed E-state index contributed by atoms with van der Waals surface area (Å²) in [5, 5.41) is 0. The highest BCUT2D eigenvalue weighted by Crippen LogP contribution is 2.33. The van der Waals surface area contributed by atoms with E-state index in [1.54, 1.807) is 6.07 Å². The second-order valence-electron chi connectivity index (χ2n) is 4.41. The van der Waals surface area contributed by atoms with Gasteiger partial charge in [-0.05, 0) is 24.5 Å². The van der Waals surface area contributed by atoms with Crippen molar-refractivity contribution in [3.63, 3.8) is 0 Å². The minimum atomic E-state index is -0.822. The molecule has 0 fully saturated rings. The monoisotopic (exact) mass is 280 g/mol. The molecule has 0 amide bonds. The van der Waals surface area contributed by atoms with Gasteiger partial charge in [-0.2, -0.15) is 0 Å². The summed E-state index contributed by atoms with van der Waals surface area (Å²) < 4.78 is 26.7. The SMILES string of the molecule is CCCC(CCl)(CCl)Cc1cccc(F)c1F. The smallest absolute Gasteiger partial charge is 0.162 e. The standard InChI is InChI=1S/C13H16Cl2F2/c1-2-6-13(8-14,9-15)7-10-4-3-5-11(16)12(10)17/h3-5H,2,6-9H2,1H3. The molecule has 17 heavy (non-hydrogen) atoms. The predicted octanol–water partition coefficient (Wildman–Crippen LogP) is 4.77. The Labute approximate surface area is 111 Å². The van der Waals surface area contributed by atoms with Crippen LogP contribution < -0.4 is 0 Å². The Morgan fingerprint density at radius 1 is 1.18 bits per heavy atom. The number of alkyl halides is 2. The molecule has 0 saturated carbocycles. The second-order valence-corrected chi connectivity index (χ2v) is 4.94. The molecule has 1 aromatic rings. The van der Waals surface area contributed by atoms with Crippen molar-refractivity contribution in [3.05, 3.63) is 35.4 Å². The third-order valence-electron chi connectivity index (χ3n) is 2.94. The lowest BCUT2D eigenvalue weighted by Crippen LogP contribution is -2.28. The van der Waals surface area contributed by atoms with E-state index in [0.29, 0.717) is 23.7 Å². The lowest BCUT2D eigenvalue weighted by Gasteiger charge is -2.29. The van der Waals surface area contributed by atoms with Crippen LogP contribution in [0.3, 0.4) is 0 Å². The molecule has 0 aliphatic rings. The number of rotatable bonds is 6. The molecule has 0 N–H and O–H groups in total. The maximum absolute atomic E-state index is 13.6. The molecule has 0 unspecified atom stereocenters. The largest absolute Gasteiger partial charge is 0.204 e. The third-order valence-corrected chi connectivity index (χ3v) is 4.08. The van der Waals surface area contributed by atoms with Crippen LogP contribution in [0.25, 0.3) is 0 Å². The fourth-order valence-electron chi connectivity index (χ4n) is 1.97. The quantitative estimate of drug-likeness (QED) is 0.659. The first-order valence-electron chi connectivity index (χ1n) is 5.63. The highest BCUT2D eigenvalue weighted by Gasteiger charge is 2.29. The van der Waals surface area contributed by atoms with E-state index in [0.717, 1.165) is 18.9 Å². The van der Waals surface area contributed by atoms with Crippen molar-refractivity contribution in [3.8, 4) is 0 Å². The van der Waals surface area contributed by atoms with E-state index >= 15 is 0 Å². The first-order valence-corrected chi connectivity index (χ1v) is 6.70. The van der Waals surface area contributed by atoms with Gasteiger partial charge in [0.1, 0.15) is 0 Å². The van der Waals surface area contributed by atoms with Crippen LogP contribution in [0.5, 0.6) is 0 Å². The Bertz CT molecular complexity index is 362. The number of benzene rings is 1. The molecule has 1 aromatic carbocycles. The molecule has 1 rings (SSSR count). The van der Waals surface area contributed by atoms with Crippen molar-refractivity contribution in [1.82, 2.24) is 0 Å². The van der Waals surface area contributed by atoms with E-state index in [1.807, 2.05) is 6.92 Å². The van der Waals surface area contributed by atoms with Gasteiger partial charge in [0.05, 0.1) is 0 Å². The molecule has 4 heteroatoms. The van der Waals surface area contributed by atoms with Crippen LogP contribution in [0.2, 0.25) is 0 Å². The first-order chi connectivity index (χ1) is 8.08. The number of hydrogen-bond donors (Lipinski definition) is 0. The molecule has 0 saturated heterocycles. The van der Waals surface area contributed by atoms with E-state index in [4.69, 9.17) is 23.2 Å². The summed E-state index contributed by atoms with van der Waals surface area (Å²) in [6, 6.07) is 4.20. The zero-order valence-corrected chi connectivity index (χ0v) is 11.3. The topological polar surface area (TPSA) is 0 Å². The van der Waals surface area contributed by atoms with Crippen LogP contribution in [0, 0.1) is 17.0 Å². The fraction of sp³-hybridized carbons (Fsp3) is 0.538. The normalized spacial score (nSPS) is 11.8. The van der Waals surface area contributed by atoms with Gasteiger partial charge in [-0.1, -0.05) is 25.5 Å². The molecule has 0 aliphatic heterocycles. The summed E-state index contributed by atoms with van der Waals surface area (Å²) in [7, 11) is 0. The van der Waals surface area contributed by atoms with Gasteiger partial charge in [-0.15, -0.1) is 23.2 Å². The predicted molar refractivity (Wildman–Crippen MR) is 68.8 cm³/mol. The van der Waals surface area contributed by atoms with Gasteiger partial charge in [0.15, 0.2) is 11.6 Å². The Hall–Kier alpha value is -0.340. The average Bonchev–Trinajstić information content (AvgIpc) is 2.34. The zero-order valence-electron chi connectivity index (χ0n) is 9.78. The summed E-state index contributed by atoms with van der Waals surface area (Å²) in [4.78, 5) is 0. The molecule has 0 radical (unpaired) electrons. The van der Waals surface area contributed by atoms with Crippen LogP contribution in [-0.2, 0) is 6.42 Å². The van der Waals surface area contributed by atoms with Gasteiger partial charge in [-0.25, -0.2) is 8.78 Å².